The van der Waals surface area contributed by atoms with Crippen LogP contribution in [-0.4, -0.2) is 56.2 Å². The average molecular weight is 324 g/mol. The fraction of sp³-hybridized carbons (Fsp3) is 0.588. The molecule has 124 valence electrons. The van der Waals surface area contributed by atoms with Crippen molar-refractivity contribution >= 4 is 23.4 Å². The first-order chi connectivity index (χ1) is 10.7. The Bertz CT molecular complexity index is 423. The number of nitrogens with zero attached hydrogens (tertiary/aromatic N) is 1. The van der Waals surface area contributed by atoms with E-state index in [-0.39, 0.29) is 5.97 Å². The maximum Gasteiger partial charge on any atom is 0.338 e. The Morgan fingerprint density at radius 1 is 1.27 bits per heavy atom. The number of hydrogen-bond donors (Lipinski definition) is 1. The molecule has 0 aliphatic carbocycles. The number of likely N-dealkylation sites (N-methyl/N-ethyl adjacent to an activating group) is 1. The summed E-state index contributed by atoms with van der Waals surface area (Å²) in [5.74, 6) is 0.843. The Labute approximate surface area is 138 Å². The summed E-state index contributed by atoms with van der Waals surface area (Å²) in [6.07, 6.45) is 4.41. The summed E-state index contributed by atoms with van der Waals surface area (Å²) in [5, 5.41) is 3.33. The van der Waals surface area contributed by atoms with Crippen molar-refractivity contribution in [1.29, 1.82) is 0 Å². The maximum atomic E-state index is 11.9. The summed E-state index contributed by atoms with van der Waals surface area (Å²) in [6, 6.07) is 7.48. The van der Waals surface area contributed by atoms with Gasteiger partial charge in [0.25, 0.3) is 0 Å². The smallest absolute Gasteiger partial charge is 0.338 e. The van der Waals surface area contributed by atoms with Crippen molar-refractivity contribution in [3.8, 4) is 0 Å². The Balaban J connectivity index is 2.30. The highest BCUT2D eigenvalue weighted by Crippen LogP contribution is 2.10. The number of unbranched alkanes of at least 4 members (excludes halogenated alkanes) is 1. The third-order valence-corrected chi connectivity index (χ3v) is 3.95. The fourth-order valence-electron chi connectivity index (χ4n) is 1.87. The van der Waals surface area contributed by atoms with Crippen molar-refractivity contribution in [1.82, 2.24) is 4.90 Å². The third kappa shape index (κ3) is 7.71. The maximum absolute atomic E-state index is 11.9. The molecule has 0 saturated carbocycles. The molecule has 4 nitrogen and oxygen atoms in total. The monoisotopic (exact) mass is 324 g/mol. The molecule has 5 heteroatoms. The SMILES string of the molecule is CCCCNc1ccc(C(=O)OCCN(C)CCSC)cc1. The van der Waals surface area contributed by atoms with E-state index in [9.17, 15) is 4.79 Å². The van der Waals surface area contributed by atoms with Crippen LogP contribution < -0.4 is 5.32 Å². The van der Waals surface area contributed by atoms with Crippen molar-refractivity contribution in [2.24, 2.45) is 0 Å². The Morgan fingerprint density at radius 3 is 2.64 bits per heavy atom. The summed E-state index contributed by atoms with van der Waals surface area (Å²) in [7, 11) is 2.04. The second-order valence-corrected chi connectivity index (χ2v) is 6.28. The van der Waals surface area contributed by atoms with Crippen LogP contribution in [0.4, 0.5) is 5.69 Å². The standard InChI is InChI=1S/C17H28N2O2S/c1-4-5-10-18-16-8-6-15(7-9-16)17(20)21-13-11-19(2)12-14-22-3/h6-9,18H,4-5,10-14H2,1-3H3. The van der Waals surface area contributed by atoms with E-state index >= 15 is 0 Å². The van der Waals surface area contributed by atoms with E-state index in [1.54, 1.807) is 0 Å². The summed E-state index contributed by atoms with van der Waals surface area (Å²) in [4.78, 5) is 14.1. The summed E-state index contributed by atoms with van der Waals surface area (Å²) in [6.45, 7) is 5.34. The highest BCUT2D eigenvalue weighted by Gasteiger charge is 2.07. The van der Waals surface area contributed by atoms with Crippen LogP contribution in [0.2, 0.25) is 0 Å². The zero-order chi connectivity index (χ0) is 16.2. The van der Waals surface area contributed by atoms with E-state index in [1.165, 1.54) is 6.42 Å². The predicted molar refractivity (Wildman–Crippen MR) is 96.0 cm³/mol. The second-order valence-electron chi connectivity index (χ2n) is 5.29. The van der Waals surface area contributed by atoms with Crippen LogP contribution in [0.1, 0.15) is 30.1 Å². The molecule has 0 saturated heterocycles. The van der Waals surface area contributed by atoms with Gasteiger partial charge in [0.05, 0.1) is 5.56 Å². The number of esters is 1. The lowest BCUT2D eigenvalue weighted by Crippen LogP contribution is -2.26. The number of rotatable bonds is 11. The number of nitrogens with one attached hydrogen (secondary N) is 1. The van der Waals surface area contributed by atoms with E-state index in [0.717, 1.165) is 37.5 Å². The van der Waals surface area contributed by atoms with Crippen LogP contribution in [-0.2, 0) is 4.74 Å². The van der Waals surface area contributed by atoms with E-state index in [0.29, 0.717) is 12.2 Å². The first-order valence-electron chi connectivity index (χ1n) is 7.86. The number of ether oxygens (including phenoxy) is 1. The van der Waals surface area contributed by atoms with E-state index < -0.39 is 0 Å². The fourth-order valence-corrected chi connectivity index (χ4v) is 2.36. The molecule has 0 unspecified atom stereocenters. The van der Waals surface area contributed by atoms with E-state index in [1.807, 2.05) is 43.1 Å². The molecule has 22 heavy (non-hydrogen) atoms. The highest BCUT2D eigenvalue weighted by molar-refractivity contribution is 7.98. The Morgan fingerprint density at radius 2 is 2.00 bits per heavy atom. The molecule has 0 atom stereocenters. The molecular formula is C17H28N2O2S. The van der Waals surface area contributed by atoms with Crippen LogP contribution in [0, 0.1) is 0 Å². The molecule has 0 heterocycles. The molecule has 0 aliphatic heterocycles. The van der Waals surface area contributed by atoms with E-state index in [4.69, 9.17) is 4.74 Å². The van der Waals surface area contributed by atoms with Crippen LogP contribution in [0.15, 0.2) is 24.3 Å². The van der Waals surface area contributed by atoms with Gasteiger partial charge in [0.1, 0.15) is 6.61 Å². The van der Waals surface area contributed by atoms with Gasteiger partial charge in [0, 0.05) is 31.1 Å². The molecule has 0 aromatic heterocycles. The van der Waals surface area contributed by atoms with Crippen molar-refractivity contribution in [3.63, 3.8) is 0 Å². The topological polar surface area (TPSA) is 41.6 Å². The molecule has 0 bridgehead atoms. The summed E-state index contributed by atoms with van der Waals surface area (Å²) in [5.41, 5.74) is 1.65. The van der Waals surface area contributed by atoms with Crippen molar-refractivity contribution in [2.45, 2.75) is 19.8 Å². The van der Waals surface area contributed by atoms with Gasteiger partial charge >= 0.3 is 5.97 Å². The van der Waals surface area contributed by atoms with Crippen molar-refractivity contribution in [3.05, 3.63) is 29.8 Å². The second kappa shape index (κ2) is 11.4. The van der Waals surface area contributed by atoms with Crippen molar-refractivity contribution in [2.75, 3.05) is 50.6 Å². The van der Waals surface area contributed by atoms with Gasteiger partial charge in [0.15, 0.2) is 0 Å². The molecule has 0 amide bonds. The number of thioether (sulfide) groups is 1. The van der Waals surface area contributed by atoms with Crippen molar-refractivity contribution < 1.29 is 9.53 Å². The normalized spacial score (nSPS) is 10.7. The molecule has 0 aliphatic rings. The van der Waals surface area contributed by atoms with Gasteiger partial charge in [-0.15, -0.1) is 0 Å². The van der Waals surface area contributed by atoms with Gasteiger partial charge in [-0.2, -0.15) is 11.8 Å². The van der Waals surface area contributed by atoms with Gasteiger partial charge in [-0.05, 0) is 44.0 Å². The van der Waals surface area contributed by atoms with Gasteiger partial charge in [0.2, 0.25) is 0 Å². The van der Waals surface area contributed by atoms with E-state index in [2.05, 4.69) is 23.4 Å². The number of anilines is 1. The molecular weight excluding hydrogens is 296 g/mol. The molecule has 0 radical (unpaired) electrons. The molecule has 1 aromatic rings. The zero-order valence-electron chi connectivity index (χ0n) is 13.9. The minimum Gasteiger partial charge on any atom is -0.461 e. The van der Waals surface area contributed by atoms with Gasteiger partial charge in [-0.1, -0.05) is 13.3 Å². The minimum atomic E-state index is -0.252. The summed E-state index contributed by atoms with van der Waals surface area (Å²) < 4.78 is 5.31. The lowest BCUT2D eigenvalue weighted by Gasteiger charge is -2.15. The van der Waals surface area contributed by atoms with Crippen LogP contribution in [0.5, 0.6) is 0 Å². The molecule has 0 fully saturated rings. The predicted octanol–water partition coefficient (Wildman–Crippen LogP) is 3.35. The first kappa shape index (κ1) is 18.8. The number of carbonyl (C=O) groups is 1. The molecule has 1 aromatic carbocycles. The molecule has 0 spiro atoms. The first-order valence-corrected chi connectivity index (χ1v) is 9.25. The minimum absolute atomic E-state index is 0.252. The number of benzene rings is 1. The van der Waals surface area contributed by atoms with Gasteiger partial charge in [-0.3, -0.25) is 0 Å². The van der Waals surface area contributed by atoms with Crippen LogP contribution in [0.3, 0.4) is 0 Å². The van der Waals surface area contributed by atoms with Crippen LogP contribution in [0.25, 0.3) is 0 Å². The zero-order valence-corrected chi connectivity index (χ0v) is 14.7. The number of carbonyl (C=O) groups excluding carboxylic acids is 1. The third-order valence-electron chi connectivity index (χ3n) is 3.36. The van der Waals surface area contributed by atoms with Crippen LogP contribution >= 0.6 is 11.8 Å². The largest absolute Gasteiger partial charge is 0.461 e. The van der Waals surface area contributed by atoms with Gasteiger partial charge < -0.3 is 15.0 Å². The Kier molecular flexibility index (Phi) is 9.75. The lowest BCUT2D eigenvalue weighted by molar-refractivity contribution is 0.0475. The average Bonchev–Trinajstić information content (AvgIpc) is 2.53. The molecule has 1 rings (SSSR count). The quantitative estimate of drug-likeness (QED) is 0.499. The number of hydrogen-bond acceptors (Lipinski definition) is 5. The lowest BCUT2D eigenvalue weighted by atomic mass is 10.2. The summed E-state index contributed by atoms with van der Waals surface area (Å²) >= 11 is 1.82. The molecule has 1 N–H and O–H groups in total. The highest BCUT2D eigenvalue weighted by atomic mass is 32.2. The Hall–Kier alpha value is -1.20. The van der Waals surface area contributed by atoms with Gasteiger partial charge in [-0.25, -0.2) is 4.79 Å².